The molecule has 0 atom stereocenters. The summed E-state index contributed by atoms with van der Waals surface area (Å²) in [6.45, 7) is 0. The number of fused-ring (bicyclic) bond motifs is 1. The maximum absolute atomic E-state index is 14.4. The molecular weight excluding hydrogens is 411 g/mol. The topological polar surface area (TPSA) is 67.6 Å². The molecule has 0 fully saturated rings. The number of hydrogen-bond donors (Lipinski definition) is 1. The predicted octanol–water partition coefficient (Wildman–Crippen LogP) is 4.95. The largest absolute Gasteiger partial charge is 0.453 e. The second kappa shape index (κ2) is 6.57. The lowest BCUT2D eigenvalue weighted by molar-refractivity contribution is 0.602. The van der Waals surface area contributed by atoms with Gasteiger partial charge >= 0.3 is 0 Å². The Labute approximate surface area is 155 Å². The molecule has 0 saturated heterocycles. The zero-order chi connectivity index (χ0) is 17.4. The van der Waals surface area contributed by atoms with Gasteiger partial charge in [-0.25, -0.2) is 4.39 Å². The van der Waals surface area contributed by atoms with Crippen molar-refractivity contribution >= 4 is 38.5 Å². The van der Waals surface area contributed by atoms with E-state index in [0.717, 1.165) is 10.0 Å². The fourth-order valence-electron chi connectivity index (χ4n) is 2.64. The number of rotatable bonds is 4. The monoisotopic (exact) mass is 420 g/mol. The smallest absolute Gasteiger partial charge is 0.239 e. The number of nitrogens with zero attached hydrogens (tertiary/aromatic N) is 3. The summed E-state index contributed by atoms with van der Waals surface area (Å²) in [5.41, 5.74) is 2.25. The molecule has 0 saturated carbocycles. The van der Waals surface area contributed by atoms with Crippen LogP contribution in [-0.4, -0.2) is 20.6 Å². The molecule has 0 amide bonds. The maximum Gasteiger partial charge on any atom is 0.239 e. The Morgan fingerprint density at radius 3 is 2.80 bits per heavy atom. The number of aryl methyl sites for hydroxylation is 2. The summed E-state index contributed by atoms with van der Waals surface area (Å²) in [6, 6.07) is 10.6. The second-order valence-corrected chi connectivity index (χ2v) is 6.84. The SMILES string of the molecule is Fc1cc2cc(-c3nn[nH]n3)oc2cc1CCc1ccc(Cl)c(Br)c1. The van der Waals surface area contributed by atoms with Crippen LogP contribution >= 0.6 is 27.5 Å². The molecular formula is C17H11BrClFN4O. The van der Waals surface area contributed by atoms with Crippen LogP contribution in [0, 0.1) is 5.82 Å². The molecule has 0 spiro atoms. The molecule has 0 bridgehead atoms. The summed E-state index contributed by atoms with van der Waals surface area (Å²) < 4.78 is 20.9. The molecule has 5 nitrogen and oxygen atoms in total. The number of H-pyrrole nitrogens is 1. The highest BCUT2D eigenvalue weighted by molar-refractivity contribution is 9.10. The lowest BCUT2D eigenvalue weighted by atomic mass is 10.0. The summed E-state index contributed by atoms with van der Waals surface area (Å²) in [6.07, 6.45) is 1.24. The normalized spacial score (nSPS) is 11.3. The number of furan rings is 1. The van der Waals surface area contributed by atoms with Gasteiger partial charge < -0.3 is 4.42 Å². The molecule has 0 unspecified atom stereocenters. The zero-order valence-electron chi connectivity index (χ0n) is 12.8. The van der Waals surface area contributed by atoms with E-state index in [4.69, 9.17) is 16.0 Å². The first-order chi connectivity index (χ1) is 12.1. The van der Waals surface area contributed by atoms with Crippen molar-refractivity contribution in [2.45, 2.75) is 12.8 Å². The van der Waals surface area contributed by atoms with E-state index < -0.39 is 0 Å². The first-order valence-corrected chi connectivity index (χ1v) is 8.67. The van der Waals surface area contributed by atoms with Crippen molar-refractivity contribution in [1.82, 2.24) is 20.6 Å². The zero-order valence-corrected chi connectivity index (χ0v) is 15.1. The van der Waals surface area contributed by atoms with Gasteiger partial charge in [0.25, 0.3) is 0 Å². The van der Waals surface area contributed by atoms with E-state index in [2.05, 4.69) is 36.6 Å². The first kappa shape index (κ1) is 16.2. The van der Waals surface area contributed by atoms with Crippen molar-refractivity contribution in [2.75, 3.05) is 0 Å². The van der Waals surface area contributed by atoms with Gasteiger partial charge in [0, 0.05) is 9.86 Å². The molecule has 8 heteroatoms. The lowest BCUT2D eigenvalue weighted by Crippen LogP contribution is -1.95. The molecule has 0 aliphatic heterocycles. The summed E-state index contributed by atoms with van der Waals surface area (Å²) in [7, 11) is 0. The van der Waals surface area contributed by atoms with Crippen LogP contribution < -0.4 is 0 Å². The third-order valence-corrected chi connectivity index (χ3v) is 5.13. The van der Waals surface area contributed by atoms with E-state index in [1.165, 1.54) is 6.07 Å². The summed E-state index contributed by atoms with van der Waals surface area (Å²) in [5, 5.41) is 14.9. The Morgan fingerprint density at radius 2 is 2.04 bits per heavy atom. The molecule has 1 N–H and O–H groups in total. The van der Waals surface area contributed by atoms with Gasteiger partial charge in [-0.05, 0) is 75.4 Å². The van der Waals surface area contributed by atoms with Crippen LogP contribution in [0.2, 0.25) is 5.02 Å². The highest BCUT2D eigenvalue weighted by atomic mass is 79.9. The van der Waals surface area contributed by atoms with Crippen LogP contribution in [0.5, 0.6) is 0 Å². The van der Waals surface area contributed by atoms with Gasteiger partial charge in [-0.15, -0.1) is 10.2 Å². The highest BCUT2D eigenvalue weighted by Crippen LogP contribution is 2.28. The van der Waals surface area contributed by atoms with Crippen LogP contribution in [0.3, 0.4) is 0 Å². The van der Waals surface area contributed by atoms with Gasteiger partial charge in [0.05, 0.1) is 5.02 Å². The molecule has 4 aromatic rings. The van der Waals surface area contributed by atoms with E-state index in [1.807, 2.05) is 18.2 Å². The average Bonchev–Trinajstić information content (AvgIpc) is 3.24. The molecule has 2 heterocycles. The number of nitrogens with one attached hydrogen (secondary N) is 1. The Balaban J connectivity index is 1.60. The number of hydrogen-bond acceptors (Lipinski definition) is 4. The van der Waals surface area contributed by atoms with Gasteiger partial charge in [-0.3, -0.25) is 0 Å². The minimum Gasteiger partial charge on any atom is -0.453 e. The van der Waals surface area contributed by atoms with E-state index in [0.29, 0.717) is 46.0 Å². The van der Waals surface area contributed by atoms with Gasteiger partial charge in [-0.2, -0.15) is 5.21 Å². The number of halogens is 3. The van der Waals surface area contributed by atoms with Gasteiger partial charge in [0.2, 0.25) is 5.82 Å². The van der Waals surface area contributed by atoms with Gasteiger partial charge in [-0.1, -0.05) is 17.7 Å². The maximum atomic E-state index is 14.4. The third-order valence-electron chi connectivity index (χ3n) is 3.92. The van der Waals surface area contributed by atoms with Crippen LogP contribution in [0.4, 0.5) is 4.39 Å². The Morgan fingerprint density at radius 1 is 1.16 bits per heavy atom. The standard InChI is InChI=1S/C17H11BrClFN4O/c18-12-5-9(2-4-13(12)19)1-3-10-7-15-11(6-14(10)20)8-16(25-15)17-21-23-24-22-17/h2,4-8H,1,3H2,(H,21,22,23,24). The minimum absolute atomic E-state index is 0.263. The van der Waals surface area contributed by atoms with Crippen molar-refractivity contribution in [1.29, 1.82) is 0 Å². The fourth-order valence-corrected chi connectivity index (χ4v) is 3.19. The third kappa shape index (κ3) is 3.29. The molecule has 4 rings (SSSR count). The predicted molar refractivity (Wildman–Crippen MR) is 95.9 cm³/mol. The number of tetrazole rings is 1. The quantitative estimate of drug-likeness (QED) is 0.506. The molecule has 2 aromatic carbocycles. The van der Waals surface area contributed by atoms with Crippen molar-refractivity contribution in [3.63, 3.8) is 0 Å². The van der Waals surface area contributed by atoms with Crippen LogP contribution in [-0.2, 0) is 12.8 Å². The average molecular weight is 422 g/mol. The molecule has 126 valence electrons. The molecule has 25 heavy (non-hydrogen) atoms. The van der Waals surface area contributed by atoms with Gasteiger partial charge in [0.15, 0.2) is 5.76 Å². The Kier molecular flexibility index (Phi) is 4.27. The lowest BCUT2D eigenvalue weighted by Gasteiger charge is -2.05. The van der Waals surface area contributed by atoms with Crippen molar-refractivity contribution in [3.05, 3.63) is 62.8 Å². The summed E-state index contributed by atoms with van der Waals surface area (Å²) >= 11 is 9.40. The number of aromatic nitrogens is 4. The van der Waals surface area contributed by atoms with Crippen LogP contribution in [0.15, 0.2) is 45.3 Å². The van der Waals surface area contributed by atoms with Crippen LogP contribution in [0.1, 0.15) is 11.1 Å². The highest BCUT2D eigenvalue weighted by Gasteiger charge is 2.13. The summed E-state index contributed by atoms with van der Waals surface area (Å²) in [5.74, 6) is 0.520. The first-order valence-electron chi connectivity index (χ1n) is 7.50. The van der Waals surface area contributed by atoms with E-state index in [-0.39, 0.29) is 5.82 Å². The Bertz CT molecular complexity index is 1050. The molecule has 0 radical (unpaired) electrons. The van der Waals surface area contributed by atoms with E-state index >= 15 is 0 Å². The van der Waals surface area contributed by atoms with Crippen molar-refractivity contribution in [2.24, 2.45) is 0 Å². The number of aromatic amines is 1. The van der Waals surface area contributed by atoms with Crippen molar-refractivity contribution in [3.8, 4) is 11.6 Å². The Hall–Kier alpha value is -2.25. The second-order valence-electron chi connectivity index (χ2n) is 5.58. The summed E-state index contributed by atoms with van der Waals surface area (Å²) in [4.78, 5) is 0. The number of benzene rings is 2. The molecule has 0 aliphatic rings. The fraction of sp³-hybridized carbons (Fsp3) is 0.118. The van der Waals surface area contributed by atoms with Crippen molar-refractivity contribution < 1.29 is 8.81 Å². The molecule has 2 aromatic heterocycles. The minimum atomic E-state index is -0.263. The van der Waals surface area contributed by atoms with Gasteiger partial charge in [0.1, 0.15) is 11.4 Å². The van der Waals surface area contributed by atoms with E-state index in [1.54, 1.807) is 12.1 Å². The van der Waals surface area contributed by atoms with Crippen LogP contribution in [0.25, 0.3) is 22.6 Å². The van der Waals surface area contributed by atoms with E-state index in [9.17, 15) is 4.39 Å². The molecule has 0 aliphatic carbocycles.